The lowest BCUT2D eigenvalue weighted by Gasteiger charge is -2.31. The predicted octanol–water partition coefficient (Wildman–Crippen LogP) is 8.50. The van der Waals surface area contributed by atoms with Gasteiger partial charge in [0, 0.05) is 42.2 Å². The number of benzene rings is 2. The third-order valence-electron chi connectivity index (χ3n) is 9.96. The third kappa shape index (κ3) is 10.3. The number of halogens is 7. The Morgan fingerprint density at radius 2 is 1.81 bits per heavy atom. The molecule has 0 bridgehead atoms. The molecule has 13 nitrogen and oxygen atoms in total. The molecule has 0 amide bonds. The fraction of sp³-hybridized carbons (Fsp3) is 0.439. The maximum Gasteiger partial charge on any atom is 0.420 e. The summed E-state index contributed by atoms with van der Waals surface area (Å²) < 4.78 is 123. The van der Waals surface area contributed by atoms with Gasteiger partial charge in [-0.3, -0.25) is 9.69 Å². The quantitative estimate of drug-likeness (QED) is 0.0419. The number of anilines is 3. The van der Waals surface area contributed by atoms with E-state index in [1.165, 1.54) is 30.0 Å². The van der Waals surface area contributed by atoms with Gasteiger partial charge in [-0.15, -0.1) is 11.3 Å². The highest BCUT2D eigenvalue weighted by atomic mass is 32.1. The minimum Gasteiger partial charge on any atom is -0.490 e. The van der Waals surface area contributed by atoms with Crippen molar-refractivity contribution in [3.63, 3.8) is 0 Å². The molecule has 5 N–H and O–H groups in total. The minimum atomic E-state index is -5.30. The summed E-state index contributed by atoms with van der Waals surface area (Å²) in [5.74, 6) is -5.64. The average molecular weight is 894 g/mol. The standard InChI is InChI=1S/C36H33F7N8O4S.C5H13N/c1-17(13-50(4)14-35(3,39)40)55-34-48-28-25-29(54-11-10-51(33(25)49-34)18(2)19-6-5-9-46-32(19)47-15-53-16-52)26(36(41,42)43)24(27(28)38)20-7-8-22(37)30-23(20)21(12-44)31(45)56-30;1-4(2)5(3)6/h5-9,16-18H,10-11,13-15,45H2,1-4H3,(H,46,47);4-5H,6H2,1-3H3. The van der Waals surface area contributed by atoms with Gasteiger partial charge in [0.15, 0.2) is 12.5 Å². The van der Waals surface area contributed by atoms with Crippen molar-refractivity contribution in [3.05, 3.63) is 58.8 Å². The van der Waals surface area contributed by atoms with Crippen molar-refractivity contribution in [2.45, 2.75) is 71.8 Å². The second-order valence-corrected chi connectivity index (χ2v) is 16.3. The Kier molecular flexibility index (Phi) is 14.6. The van der Waals surface area contributed by atoms with E-state index in [2.05, 4.69) is 34.1 Å². The van der Waals surface area contributed by atoms with E-state index in [0.717, 1.165) is 19.1 Å². The van der Waals surface area contributed by atoms with Crippen molar-refractivity contribution in [3.8, 4) is 29.0 Å². The number of fused-ring (bicyclic) bond motifs is 1. The molecule has 334 valence electrons. The van der Waals surface area contributed by atoms with E-state index in [4.69, 9.17) is 25.7 Å². The van der Waals surface area contributed by atoms with Crippen LogP contribution < -0.4 is 31.2 Å². The van der Waals surface area contributed by atoms with Gasteiger partial charge in [-0.1, -0.05) is 26.0 Å². The van der Waals surface area contributed by atoms with Gasteiger partial charge in [-0.05, 0) is 51.4 Å². The lowest BCUT2D eigenvalue weighted by Crippen LogP contribution is -2.38. The van der Waals surface area contributed by atoms with Crippen molar-refractivity contribution in [1.82, 2.24) is 19.9 Å². The largest absolute Gasteiger partial charge is 0.490 e. The number of alkyl halides is 5. The van der Waals surface area contributed by atoms with Gasteiger partial charge in [-0.25, -0.2) is 22.5 Å². The zero-order chi connectivity index (χ0) is 45.8. The van der Waals surface area contributed by atoms with Crippen molar-refractivity contribution < 1.29 is 49.7 Å². The van der Waals surface area contributed by atoms with Crippen LogP contribution in [0.2, 0.25) is 0 Å². The number of nitrogens with zero attached hydrogens (tertiary/aromatic N) is 6. The lowest BCUT2D eigenvalue weighted by molar-refractivity contribution is -0.138. The number of thiophene rings is 1. The summed E-state index contributed by atoms with van der Waals surface area (Å²) in [5, 5.41) is 11.8. The molecule has 0 saturated carbocycles. The van der Waals surface area contributed by atoms with Crippen LogP contribution in [-0.2, 0) is 15.7 Å². The number of carbonyl (C=O) groups excluding carboxylic acids is 1. The molecule has 0 radical (unpaired) electrons. The van der Waals surface area contributed by atoms with Crippen LogP contribution in [0, 0.1) is 28.9 Å². The van der Waals surface area contributed by atoms with Gasteiger partial charge < -0.3 is 35.9 Å². The molecule has 2 aromatic carbocycles. The molecule has 0 spiro atoms. The minimum absolute atomic E-state index is 0.0764. The Morgan fingerprint density at radius 3 is 2.42 bits per heavy atom. The number of likely N-dealkylation sites (N-methyl/N-ethyl adjacent to an activating group) is 1. The number of hydrogen-bond donors (Lipinski definition) is 3. The molecule has 0 saturated heterocycles. The van der Waals surface area contributed by atoms with Crippen molar-refractivity contribution in [1.29, 1.82) is 5.26 Å². The van der Waals surface area contributed by atoms with Crippen LogP contribution in [0.15, 0.2) is 30.5 Å². The topological polar surface area (TPSA) is 178 Å². The van der Waals surface area contributed by atoms with Gasteiger partial charge in [0.1, 0.15) is 58.1 Å². The highest BCUT2D eigenvalue weighted by Gasteiger charge is 2.44. The van der Waals surface area contributed by atoms with Crippen LogP contribution in [0.4, 0.5) is 47.4 Å². The monoisotopic (exact) mass is 893 g/mol. The van der Waals surface area contributed by atoms with Gasteiger partial charge in [0.2, 0.25) is 0 Å². The third-order valence-corrected chi connectivity index (χ3v) is 11.0. The first-order valence-electron chi connectivity index (χ1n) is 19.3. The van der Waals surface area contributed by atoms with E-state index in [-0.39, 0.29) is 58.6 Å². The lowest BCUT2D eigenvalue weighted by atomic mass is 9.91. The summed E-state index contributed by atoms with van der Waals surface area (Å²) >= 11 is 0.621. The van der Waals surface area contributed by atoms with Gasteiger partial charge in [0.05, 0.1) is 34.8 Å². The fourth-order valence-corrected chi connectivity index (χ4v) is 7.79. The molecule has 5 aromatic rings. The first-order valence-corrected chi connectivity index (χ1v) is 20.1. The number of hydrogen-bond acceptors (Lipinski definition) is 14. The summed E-state index contributed by atoms with van der Waals surface area (Å²) in [6, 6.07) is 5.89. The Labute approximate surface area is 356 Å². The molecule has 6 rings (SSSR count). The van der Waals surface area contributed by atoms with Crippen LogP contribution in [0.1, 0.15) is 64.3 Å². The highest BCUT2D eigenvalue weighted by molar-refractivity contribution is 7.23. The molecule has 4 heterocycles. The van der Waals surface area contributed by atoms with E-state index in [0.29, 0.717) is 28.9 Å². The molecule has 1 aliphatic rings. The van der Waals surface area contributed by atoms with E-state index in [1.54, 1.807) is 25.1 Å². The fourth-order valence-electron chi connectivity index (χ4n) is 6.84. The molecule has 0 aliphatic carbocycles. The van der Waals surface area contributed by atoms with Crippen LogP contribution >= 0.6 is 11.3 Å². The molecular formula is C41H46F7N9O4S. The van der Waals surface area contributed by atoms with Gasteiger partial charge in [0.25, 0.3) is 12.4 Å². The molecule has 3 atom stereocenters. The van der Waals surface area contributed by atoms with E-state index in [1.807, 2.05) is 6.92 Å². The van der Waals surface area contributed by atoms with Crippen molar-refractivity contribution in [2.75, 3.05) is 56.0 Å². The van der Waals surface area contributed by atoms with Crippen LogP contribution in [-0.4, -0.2) is 84.4 Å². The number of rotatable bonds is 14. The highest BCUT2D eigenvalue weighted by Crippen LogP contribution is 2.54. The van der Waals surface area contributed by atoms with Crippen LogP contribution in [0.5, 0.6) is 11.8 Å². The number of nitrogen functional groups attached to an aromatic ring is 1. The Balaban J connectivity index is 0.00000113. The first kappa shape index (κ1) is 47.3. The van der Waals surface area contributed by atoms with E-state index in [9.17, 15) is 18.8 Å². The number of pyridine rings is 1. The van der Waals surface area contributed by atoms with E-state index >= 15 is 22.0 Å². The molecule has 3 aromatic heterocycles. The van der Waals surface area contributed by atoms with Gasteiger partial charge >= 0.3 is 12.2 Å². The normalized spacial score (nSPS) is 14.4. The molecule has 21 heteroatoms. The summed E-state index contributed by atoms with van der Waals surface area (Å²) in [7, 11) is 1.43. The Morgan fingerprint density at radius 1 is 1.11 bits per heavy atom. The molecule has 1 aliphatic heterocycles. The number of aromatic nitrogens is 3. The zero-order valence-corrected chi connectivity index (χ0v) is 35.7. The van der Waals surface area contributed by atoms with Gasteiger partial charge in [-0.2, -0.15) is 28.4 Å². The average Bonchev–Trinajstić information content (AvgIpc) is 3.41. The summed E-state index contributed by atoms with van der Waals surface area (Å²) in [6.07, 6.45) is -4.74. The summed E-state index contributed by atoms with van der Waals surface area (Å²) in [4.78, 5) is 26.7. The second-order valence-electron chi connectivity index (χ2n) is 15.2. The molecular weight excluding hydrogens is 848 g/mol. The van der Waals surface area contributed by atoms with Crippen LogP contribution in [0.3, 0.4) is 0 Å². The second kappa shape index (κ2) is 19.1. The number of carbonyl (C=O) groups is 1. The Bertz CT molecular complexity index is 2450. The summed E-state index contributed by atoms with van der Waals surface area (Å²) in [5.41, 5.74) is 7.72. The molecule has 3 unspecified atom stereocenters. The number of ether oxygens (including phenoxy) is 3. The van der Waals surface area contributed by atoms with Crippen LogP contribution in [0.25, 0.3) is 32.1 Å². The summed E-state index contributed by atoms with van der Waals surface area (Å²) in [6.45, 7) is 8.94. The molecule has 0 fully saturated rings. The number of nitriles is 1. The SMILES string of the molecule is CC(C)C(C)N.CC(CN(C)CC(C)(F)F)Oc1nc2c3c(c(C(F)(F)F)c(-c4ccc(F)c5sc(N)c(C#N)c45)c(F)c3n1)OCCN2C(C)c1cccnc1NCOC=O. The van der Waals surface area contributed by atoms with Crippen molar-refractivity contribution in [2.24, 2.45) is 11.7 Å². The van der Waals surface area contributed by atoms with Crippen molar-refractivity contribution >= 4 is 55.4 Å². The first-order chi connectivity index (χ1) is 29.1. The van der Waals surface area contributed by atoms with E-state index < -0.39 is 88.4 Å². The number of nitrogens with two attached hydrogens (primary N) is 2. The maximum atomic E-state index is 17.4. The molecule has 62 heavy (non-hydrogen) atoms. The predicted molar refractivity (Wildman–Crippen MR) is 222 cm³/mol. The zero-order valence-electron chi connectivity index (χ0n) is 34.8. The smallest absolute Gasteiger partial charge is 0.420 e. The Hall–Kier alpha value is -5.72. The number of nitrogens with one attached hydrogen (secondary N) is 1. The maximum absolute atomic E-state index is 17.4.